The molecule has 0 amide bonds. The number of aryl methyl sites for hydroxylation is 2. The summed E-state index contributed by atoms with van der Waals surface area (Å²) in [5.41, 5.74) is 22.2. The molecule has 0 saturated heterocycles. The minimum Gasteiger partial charge on any atom is -0.247 e. The van der Waals surface area contributed by atoms with Crippen LogP contribution < -0.4 is 0 Å². The van der Waals surface area contributed by atoms with Crippen molar-refractivity contribution in [3.05, 3.63) is 143 Å². The number of halogens is 8. The average molecular weight is 1930 g/mol. The third-order valence-electron chi connectivity index (χ3n) is 28.8. The second kappa shape index (κ2) is 59.8. The first-order valence-corrected chi connectivity index (χ1v) is 64.2. The molecule has 6 aromatic heterocycles. The Balaban J connectivity index is 0.000000192. The predicted molar refractivity (Wildman–Crippen MR) is 529 cm³/mol. The molecule has 0 spiro atoms. The quantitative estimate of drug-likeness (QED) is 0.0528. The molecule has 0 atom stereocenters. The summed E-state index contributed by atoms with van der Waals surface area (Å²) in [6, 6.07) is 38.9. The van der Waals surface area contributed by atoms with E-state index in [1.165, 1.54) is 363 Å². The van der Waals surface area contributed by atoms with Crippen LogP contribution in [-0.4, -0.2) is 109 Å². The number of hydrogen-bond acceptors (Lipinski definition) is 6. The fourth-order valence-corrected chi connectivity index (χ4v) is 43.5. The van der Waals surface area contributed by atoms with E-state index >= 15 is 0 Å². The molecule has 0 N–H and O–H groups in total. The van der Waals surface area contributed by atoms with E-state index in [1.54, 1.807) is 0 Å². The standard InChI is InChI=1S/C36H54B2N2P2.C36H54N2P2.C12H22ClP.C12H12N2.CH3BF.4ClH.F2.2Fe/c37-41(31-17-5-1-6-18-31,32-19-7-2-8-20-32)27-29-15-13-25-35(39-29)36-26-14-16-30(40-36)28-42(38,33-21-9-3-10-22-33)34-23-11-4-12-24-34;1-5-17-31(18-6-1)39(32-19-7-2-8-20-32)27-29-15-13-25-35(37-29)36-26-14-16-30(38-36)28-40(33-21-9-3-10-22-33)34-23-11-4-12-24-34;13-14(11-7-3-1-4-8-11)12-9-5-2-6-10-12;1-9-5-3-7-11(13-9)12-8-4-6-10(2)14-12;1-2-3;;;;;1-2;;/h13-16,25-26,31-34H,1-12,17-24,27-28H2;13-16,25-26,31-34H,1-12,17-24,27-28H2;11-12H,1-10H2;3-8H,1-2H3;1H3;4*1H;;;/q+2;;;;;;;;;;2*+2/p-2. The van der Waals surface area contributed by atoms with Gasteiger partial charge in [-0.05, 0) is 351 Å². The van der Waals surface area contributed by atoms with Gasteiger partial charge in [0, 0.05) is 36.4 Å². The van der Waals surface area contributed by atoms with E-state index in [4.69, 9.17) is 95.8 Å². The Labute approximate surface area is 775 Å². The van der Waals surface area contributed by atoms with Gasteiger partial charge >= 0.3 is 89.3 Å². The van der Waals surface area contributed by atoms with Crippen molar-refractivity contribution in [1.82, 2.24) is 29.9 Å². The molecular formula is C97H147B3Cl5F3Fe2N6P5+4. The Bertz CT molecular complexity index is 3440. The minimum absolute atomic E-state index is 0.145. The monoisotopic (exact) mass is 1930 g/mol. The number of pyridine rings is 6. The van der Waals surface area contributed by atoms with Gasteiger partial charge in [0.25, 0.3) is 0 Å². The molecule has 121 heavy (non-hydrogen) atoms. The van der Waals surface area contributed by atoms with Crippen molar-refractivity contribution in [2.45, 2.75) is 423 Å². The first-order valence-electron chi connectivity index (χ1n) is 47.7. The molecule has 0 bridgehead atoms. The van der Waals surface area contributed by atoms with Crippen molar-refractivity contribution < 1.29 is 39.7 Å². The molecule has 5 radical (unpaired) electrons. The molecular weight excluding hydrogens is 1780 g/mol. The third kappa shape index (κ3) is 34.9. The van der Waals surface area contributed by atoms with E-state index in [9.17, 15) is 4.32 Å². The number of aromatic nitrogens is 6. The average Bonchev–Trinajstić information content (AvgIpc) is 0.788. The first kappa shape index (κ1) is 104. The topological polar surface area (TPSA) is 77.3 Å². The van der Waals surface area contributed by atoms with Crippen molar-refractivity contribution in [2.75, 3.05) is 0 Å². The van der Waals surface area contributed by atoms with Gasteiger partial charge in [-0.25, -0.2) is 19.9 Å². The van der Waals surface area contributed by atoms with Crippen LogP contribution in [0.3, 0.4) is 0 Å². The second-order valence-electron chi connectivity index (χ2n) is 36.9. The predicted octanol–water partition coefficient (Wildman–Crippen LogP) is 33.8. The van der Waals surface area contributed by atoms with Gasteiger partial charge < -0.3 is 4.32 Å². The Hall–Kier alpha value is -0.476. The van der Waals surface area contributed by atoms with E-state index in [-0.39, 0.29) is 33.5 Å². The zero-order valence-electron chi connectivity index (χ0n) is 73.8. The van der Waals surface area contributed by atoms with Crippen LogP contribution in [0.15, 0.2) is 109 Å². The Kier molecular flexibility index (Phi) is 51.5. The van der Waals surface area contributed by atoms with Crippen molar-refractivity contribution in [3.8, 4) is 34.2 Å². The molecule has 24 heteroatoms. The number of nitrogens with zero attached hydrogens (tertiary/aromatic N) is 6. The van der Waals surface area contributed by atoms with Gasteiger partial charge in [0.2, 0.25) is 0 Å². The van der Waals surface area contributed by atoms with Crippen LogP contribution in [0.5, 0.6) is 0 Å². The maximum atomic E-state index is 10.2. The molecule has 10 fully saturated rings. The van der Waals surface area contributed by atoms with Gasteiger partial charge in [0.15, 0.2) is 0 Å². The van der Waals surface area contributed by atoms with Gasteiger partial charge in [-0.15, -0.1) is 0 Å². The summed E-state index contributed by atoms with van der Waals surface area (Å²) >= 11 is 7.09. The Morgan fingerprint density at radius 1 is 0.331 bits per heavy atom. The molecule has 6 aromatic rings. The first-order chi connectivity index (χ1) is 59.2. The summed E-state index contributed by atoms with van der Waals surface area (Å²) in [6.07, 6.45) is 76.0. The van der Waals surface area contributed by atoms with Crippen molar-refractivity contribution in [2.24, 2.45) is 0 Å². The minimum atomic E-state index is -1.62. The summed E-state index contributed by atoms with van der Waals surface area (Å²) in [6.45, 7) is 5.30. The Morgan fingerprint density at radius 2 is 0.521 bits per heavy atom. The molecule has 10 aliphatic carbocycles. The fourth-order valence-electron chi connectivity index (χ4n) is 22.7. The zero-order valence-corrected chi connectivity index (χ0v) is 84.5. The van der Waals surface area contributed by atoms with Gasteiger partial charge in [0.1, 0.15) is 0 Å². The van der Waals surface area contributed by atoms with Crippen LogP contribution in [0, 0.1) is 13.8 Å². The summed E-state index contributed by atoms with van der Waals surface area (Å²) in [4.78, 5) is 30.1. The largest absolute Gasteiger partial charge is 0.247 e. The summed E-state index contributed by atoms with van der Waals surface area (Å²) in [5.74, 6) is 0. The molecule has 10 aliphatic rings. The second-order valence-corrected chi connectivity index (χ2v) is 57.7. The van der Waals surface area contributed by atoms with E-state index in [2.05, 4.69) is 82.8 Å². The van der Waals surface area contributed by atoms with E-state index in [1.807, 2.05) is 50.2 Å². The van der Waals surface area contributed by atoms with Gasteiger partial charge in [-0.3, -0.25) is 9.97 Å². The molecule has 0 aromatic carbocycles. The van der Waals surface area contributed by atoms with Crippen LogP contribution >= 0.6 is 89.0 Å². The maximum Gasteiger partial charge on any atom is 0.0995 e. The van der Waals surface area contributed by atoms with Crippen LogP contribution in [0.1, 0.15) is 355 Å². The van der Waals surface area contributed by atoms with Crippen molar-refractivity contribution in [1.29, 1.82) is 0 Å². The Morgan fingerprint density at radius 3 is 0.752 bits per heavy atom. The van der Waals surface area contributed by atoms with Crippen molar-refractivity contribution >= 4 is 112 Å². The van der Waals surface area contributed by atoms with E-state index in [0.717, 1.165) is 114 Å². The normalized spacial score (nSPS) is 20.2. The molecule has 0 aliphatic heterocycles. The van der Waals surface area contributed by atoms with Crippen molar-refractivity contribution in [3.63, 3.8) is 0 Å². The molecule has 16 rings (SSSR count). The zero-order chi connectivity index (χ0) is 85.7. The van der Waals surface area contributed by atoms with Gasteiger partial charge in [-0.1, -0.05) is 144 Å². The summed E-state index contributed by atoms with van der Waals surface area (Å²) in [5, 5.41) is 0. The van der Waals surface area contributed by atoms with Gasteiger partial charge in [0.05, 0.1) is 127 Å². The van der Waals surface area contributed by atoms with Gasteiger partial charge in [-0.2, -0.15) is 0 Å². The molecule has 0 unspecified atom stereocenters. The molecule has 667 valence electrons. The van der Waals surface area contributed by atoms with Crippen LogP contribution in [0.25, 0.3) is 34.2 Å². The molecule has 6 nitrogen and oxygen atoms in total. The van der Waals surface area contributed by atoms with Crippen LogP contribution in [0.4, 0.5) is 13.5 Å². The van der Waals surface area contributed by atoms with E-state index < -0.39 is 30.1 Å². The third-order valence-corrected chi connectivity index (χ3v) is 50.2. The molecule has 6 heterocycles. The summed E-state index contributed by atoms with van der Waals surface area (Å²) < 4.78 is 26.2. The fraction of sp³-hybridized carbons (Fsp3) is 0.691. The van der Waals surface area contributed by atoms with Crippen LogP contribution in [-0.2, 0) is 50.9 Å². The number of hydrogen-bond donors (Lipinski definition) is 0. The smallest absolute Gasteiger partial charge is 0.0995 e. The van der Waals surface area contributed by atoms with E-state index in [0.29, 0.717) is 7.56 Å². The van der Waals surface area contributed by atoms with Crippen LogP contribution in [0.2, 0.25) is 6.82 Å². The SMILES string of the molecule is C[B]F.Cc1cccc(-c2cccc(C)n2)n1.ClP(C1CCCCC1)C1CCCCC1.FF.[B][P+](Cc1cccc(-c2cccc(C[P+]([B])(C3CCCCC3)C3CCCCC3)n2)n1)(C1CCCCC1)C1CCCCC1.[Cl][Fe][Cl].[Cl][Fe][Cl].c1cc(C[PH+](C2CCCCC2)C2CCCCC2)nc(-c2cccc(C[PH+](C3CCCCC3)C3CCCCC3)n2)c1. The maximum absolute atomic E-state index is 10.2. The number of rotatable bonds is 21. The summed E-state index contributed by atoms with van der Waals surface area (Å²) in [7, 11) is 30.6. The molecule has 10 saturated carbocycles.